The fourth-order valence-electron chi connectivity index (χ4n) is 4.92. The van der Waals surface area contributed by atoms with Gasteiger partial charge in [-0.1, -0.05) is 56.8 Å². The van der Waals surface area contributed by atoms with E-state index in [1.807, 2.05) is 24.0 Å². The van der Waals surface area contributed by atoms with Crippen LogP contribution in [0.1, 0.15) is 55.4 Å². The van der Waals surface area contributed by atoms with Gasteiger partial charge in [-0.2, -0.15) is 10.4 Å². The Morgan fingerprint density at radius 2 is 1.72 bits per heavy atom. The Morgan fingerprint density at radius 1 is 1.00 bits per heavy atom. The van der Waals surface area contributed by atoms with Gasteiger partial charge in [0.2, 0.25) is 0 Å². The molecule has 0 aliphatic rings. The van der Waals surface area contributed by atoms with E-state index in [0.29, 0.717) is 17.9 Å². The van der Waals surface area contributed by atoms with Crippen LogP contribution in [0.5, 0.6) is 5.75 Å². The molecule has 39 heavy (non-hydrogen) atoms. The number of hydrogen-bond acceptors (Lipinski definition) is 5. The van der Waals surface area contributed by atoms with Gasteiger partial charge in [-0.05, 0) is 65.8 Å². The van der Waals surface area contributed by atoms with Gasteiger partial charge in [0, 0.05) is 37.6 Å². The topological polar surface area (TPSA) is 69.3 Å². The van der Waals surface area contributed by atoms with Crippen molar-refractivity contribution < 1.29 is 14.2 Å². The summed E-state index contributed by atoms with van der Waals surface area (Å²) < 4.78 is 18.5. The molecule has 0 spiro atoms. The normalized spacial score (nSPS) is 11.6. The minimum Gasteiger partial charge on any atom is -0.492 e. The van der Waals surface area contributed by atoms with Gasteiger partial charge in [-0.15, -0.1) is 0 Å². The molecule has 4 rings (SSSR count). The molecule has 0 bridgehead atoms. The molecule has 0 amide bonds. The van der Waals surface area contributed by atoms with Crippen LogP contribution in [0.15, 0.2) is 67.4 Å². The maximum atomic E-state index is 9.97. The van der Waals surface area contributed by atoms with E-state index in [1.165, 1.54) is 0 Å². The number of nitrogens with zero attached hydrogens (tertiary/aromatic N) is 3. The molecule has 0 aliphatic carbocycles. The van der Waals surface area contributed by atoms with Crippen LogP contribution in [0, 0.1) is 11.3 Å². The number of fused-ring (bicyclic) bond motifs is 1. The molecular formula is C33H37N3O3. The Balaban J connectivity index is 1.53. The van der Waals surface area contributed by atoms with Crippen LogP contribution in [-0.4, -0.2) is 36.9 Å². The van der Waals surface area contributed by atoms with Crippen molar-refractivity contribution in [1.29, 1.82) is 5.26 Å². The van der Waals surface area contributed by atoms with Gasteiger partial charge in [0.25, 0.3) is 0 Å². The van der Waals surface area contributed by atoms with Crippen molar-refractivity contribution in [3.05, 3.63) is 89.6 Å². The number of aryl methyl sites for hydroxylation is 1. The number of hydrogen-bond donors (Lipinski definition) is 0. The Labute approximate surface area is 231 Å². The monoisotopic (exact) mass is 523 g/mol. The zero-order chi connectivity index (χ0) is 28.0. The van der Waals surface area contributed by atoms with Crippen LogP contribution >= 0.6 is 0 Å². The molecule has 202 valence electrons. The van der Waals surface area contributed by atoms with Gasteiger partial charge in [0.1, 0.15) is 11.8 Å². The van der Waals surface area contributed by atoms with Crippen LogP contribution in [0.4, 0.5) is 0 Å². The van der Waals surface area contributed by atoms with Crippen LogP contribution < -0.4 is 4.74 Å². The lowest BCUT2D eigenvalue weighted by molar-refractivity contribution is -0.107. The SMILES string of the molecule is C=Cc1cc(C(C)(C)c2ccc(-c3ccc4c(cnn4C)c3)cc2)cc(C#N)c1OCCCCC(OC)OC. The van der Waals surface area contributed by atoms with Crippen LogP contribution in [0.2, 0.25) is 0 Å². The molecule has 0 N–H and O–H groups in total. The van der Waals surface area contributed by atoms with Crippen LogP contribution in [-0.2, 0) is 21.9 Å². The van der Waals surface area contributed by atoms with Gasteiger partial charge < -0.3 is 14.2 Å². The van der Waals surface area contributed by atoms with E-state index < -0.39 is 0 Å². The standard InChI is InChI=1S/C33H37N3O3/c1-7-23-19-29(20-26(21-34)32(23)39-17-9-8-10-31(37-5)38-6)33(2,3)28-14-11-24(12-15-28)25-13-16-30-27(18-25)22-35-36(30)4/h7,11-16,18-20,22,31H,1,8-10,17H2,2-6H3. The average Bonchev–Trinajstić information content (AvgIpc) is 3.34. The minimum atomic E-state index is -0.330. The van der Waals surface area contributed by atoms with E-state index in [0.717, 1.165) is 58.0 Å². The maximum absolute atomic E-state index is 9.97. The van der Waals surface area contributed by atoms with Crippen molar-refractivity contribution in [3.8, 4) is 22.9 Å². The lowest BCUT2D eigenvalue weighted by atomic mass is 9.76. The van der Waals surface area contributed by atoms with E-state index in [2.05, 4.69) is 80.1 Å². The molecule has 1 aromatic heterocycles. The van der Waals surface area contributed by atoms with Crippen molar-refractivity contribution >= 4 is 17.0 Å². The Bertz CT molecular complexity index is 1470. The average molecular weight is 524 g/mol. The molecule has 4 aromatic rings. The number of unbranched alkanes of at least 4 members (excludes halogenated alkanes) is 1. The highest BCUT2D eigenvalue weighted by molar-refractivity contribution is 5.84. The van der Waals surface area contributed by atoms with E-state index >= 15 is 0 Å². The highest BCUT2D eigenvalue weighted by Crippen LogP contribution is 2.37. The Kier molecular flexibility index (Phi) is 8.86. The number of aromatic nitrogens is 2. The van der Waals surface area contributed by atoms with Gasteiger partial charge in [-0.25, -0.2) is 0 Å². The molecular weight excluding hydrogens is 486 g/mol. The maximum Gasteiger partial charge on any atom is 0.156 e. The smallest absolute Gasteiger partial charge is 0.156 e. The summed E-state index contributed by atoms with van der Waals surface area (Å²) in [5, 5.41) is 15.4. The summed E-state index contributed by atoms with van der Waals surface area (Å²) in [6.45, 7) is 8.85. The number of methoxy groups -OCH3 is 2. The summed E-state index contributed by atoms with van der Waals surface area (Å²) in [7, 11) is 5.23. The fraction of sp³-hybridized carbons (Fsp3) is 0.333. The number of nitriles is 1. The molecule has 3 aromatic carbocycles. The van der Waals surface area contributed by atoms with Crippen molar-refractivity contribution in [3.63, 3.8) is 0 Å². The second-order valence-corrected chi connectivity index (χ2v) is 10.2. The largest absolute Gasteiger partial charge is 0.492 e. The molecule has 0 saturated carbocycles. The first-order valence-corrected chi connectivity index (χ1v) is 13.2. The molecule has 0 aliphatic heterocycles. The molecule has 0 atom stereocenters. The molecule has 6 nitrogen and oxygen atoms in total. The quantitative estimate of drug-likeness (QED) is 0.144. The van der Waals surface area contributed by atoms with Crippen molar-refractivity contribution in [2.24, 2.45) is 7.05 Å². The fourth-order valence-corrected chi connectivity index (χ4v) is 4.92. The third-order valence-electron chi connectivity index (χ3n) is 7.47. The molecule has 0 radical (unpaired) electrons. The minimum absolute atomic E-state index is 0.205. The van der Waals surface area contributed by atoms with Crippen molar-refractivity contribution in [2.75, 3.05) is 20.8 Å². The third kappa shape index (κ3) is 6.06. The molecule has 0 unspecified atom stereocenters. The van der Waals surface area contributed by atoms with Crippen molar-refractivity contribution in [1.82, 2.24) is 9.78 Å². The predicted molar refractivity (Wildman–Crippen MR) is 157 cm³/mol. The summed E-state index contributed by atoms with van der Waals surface area (Å²) in [4.78, 5) is 0. The van der Waals surface area contributed by atoms with E-state index in [1.54, 1.807) is 20.3 Å². The first-order valence-electron chi connectivity index (χ1n) is 13.2. The summed E-state index contributed by atoms with van der Waals surface area (Å²) in [6.07, 6.45) is 5.97. The number of benzene rings is 3. The molecule has 0 fully saturated rings. The lowest BCUT2D eigenvalue weighted by Crippen LogP contribution is -2.19. The lowest BCUT2D eigenvalue weighted by Gasteiger charge is -2.28. The second-order valence-electron chi connectivity index (χ2n) is 10.2. The van der Waals surface area contributed by atoms with E-state index in [9.17, 15) is 5.26 Å². The number of ether oxygens (including phenoxy) is 3. The molecule has 0 saturated heterocycles. The first kappa shape index (κ1) is 28.1. The molecule has 6 heteroatoms. The molecule has 1 heterocycles. The Hall–Kier alpha value is -3.92. The Morgan fingerprint density at radius 3 is 2.38 bits per heavy atom. The third-order valence-corrected chi connectivity index (χ3v) is 7.47. The van der Waals surface area contributed by atoms with Crippen LogP contribution in [0.25, 0.3) is 28.1 Å². The van der Waals surface area contributed by atoms with Gasteiger partial charge in [0.05, 0.1) is 23.9 Å². The predicted octanol–water partition coefficient (Wildman–Crippen LogP) is 7.25. The van der Waals surface area contributed by atoms with Crippen LogP contribution in [0.3, 0.4) is 0 Å². The van der Waals surface area contributed by atoms with Gasteiger partial charge in [-0.3, -0.25) is 4.68 Å². The summed E-state index contributed by atoms with van der Waals surface area (Å²) in [5.41, 5.74) is 6.62. The summed E-state index contributed by atoms with van der Waals surface area (Å²) >= 11 is 0. The van der Waals surface area contributed by atoms with Crippen molar-refractivity contribution in [2.45, 2.75) is 44.8 Å². The summed E-state index contributed by atoms with van der Waals surface area (Å²) in [6, 6.07) is 21.4. The zero-order valence-corrected chi connectivity index (χ0v) is 23.5. The summed E-state index contributed by atoms with van der Waals surface area (Å²) in [5.74, 6) is 0.586. The highest BCUT2D eigenvalue weighted by Gasteiger charge is 2.26. The van der Waals surface area contributed by atoms with Gasteiger partial charge >= 0.3 is 0 Å². The second kappa shape index (κ2) is 12.3. The van der Waals surface area contributed by atoms with E-state index in [4.69, 9.17) is 14.2 Å². The highest BCUT2D eigenvalue weighted by atomic mass is 16.7. The first-order chi connectivity index (χ1) is 18.8. The number of rotatable bonds is 12. The van der Waals surface area contributed by atoms with Gasteiger partial charge in [0.15, 0.2) is 6.29 Å². The zero-order valence-electron chi connectivity index (χ0n) is 23.5. The van der Waals surface area contributed by atoms with E-state index in [-0.39, 0.29) is 11.7 Å².